The van der Waals surface area contributed by atoms with Crippen LogP contribution < -0.4 is 15.4 Å². The Morgan fingerprint density at radius 2 is 2.22 bits per heavy atom. The molecule has 4 rings (SSSR count). The van der Waals surface area contributed by atoms with Gasteiger partial charge in [0.15, 0.2) is 0 Å². The van der Waals surface area contributed by atoms with E-state index in [0.29, 0.717) is 31.0 Å². The molecular weight excluding hydrogens is 410 g/mol. The lowest BCUT2D eigenvalue weighted by Crippen LogP contribution is -2.65. The van der Waals surface area contributed by atoms with Gasteiger partial charge in [0.2, 0.25) is 11.8 Å². The predicted octanol–water partition coefficient (Wildman–Crippen LogP) is 1.56. The third-order valence-electron chi connectivity index (χ3n) is 6.50. The molecular formula is C23H27N5O4. The largest absolute Gasteiger partial charge is 0.496 e. The molecule has 0 bridgehead atoms. The van der Waals surface area contributed by atoms with Gasteiger partial charge in [0, 0.05) is 35.8 Å². The first-order valence-electron chi connectivity index (χ1n) is 10.9. The van der Waals surface area contributed by atoms with Crippen LogP contribution in [0.25, 0.3) is 10.9 Å². The van der Waals surface area contributed by atoms with Crippen LogP contribution in [-0.2, 0) is 9.59 Å². The summed E-state index contributed by atoms with van der Waals surface area (Å²) in [5.74, 6) is -0.295. The van der Waals surface area contributed by atoms with Gasteiger partial charge in [-0.15, -0.1) is 0 Å². The SMILES string of the molecule is CC[C@H]1CN(C(=O)c2cc3c(OC)cccc3[nH]2)C1C(=O)N[C@H](C#N)C[C@@H]1CCNC1=O. The number of carbonyl (C=O) groups excluding carboxylic acids is 3. The monoisotopic (exact) mass is 437 g/mol. The quantitative estimate of drug-likeness (QED) is 0.606. The molecule has 3 amide bonds. The molecule has 1 aromatic carbocycles. The van der Waals surface area contributed by atoms with Crippen LogP contribution in [0.3, 0.4) is 0 Å². The van der Waals surface area contributed by atoms with Gasteiger partial charge in [-0.05, 0) is 37.5 Å². The highest BCUT2D eigenvalue weighted by Gasteiger charge is 2.46. The standard InChI is InChI=1S/C23H27N5O4/c1-3-13-12-28(23(31)18-10-16-17(27-18)5-4-6-19(16)32-2)20(13)22(30)26-15(11-24)9-14-7-8-25-21(14)29/h4-6,10,13-15,20,27H,3,7-9,12H2,1-2H3,(H,25,29)(H,26,30)/t13-,14-,15-,20?/m0/s1. The number of methoxy groups -OCH3 is 1. The van der Waals surface area contributed by atoms with Crippen LogP contribution in [0.1, 0.15) is 36.7 Å². The first-order valence-corrected chi connectivity index (χ1v) is 10.9. The maximum absolute atomic E-state index is 13.2. The van der Waals surface area contributed by atoms with Crippen LogP contribution in [0.5, 0.6) is 5.75 Å². The lowest BCUT2D eigenvalue weighted by atomic mass is 9.85. The summed E-state index contributed by atoms with van der Waals surface area (Å²) in [7, 11) is 1.58. The number of aromatic nitrogens is 1. The van der Waals surface area contributed by atoms with Gasteiger partial charge in [-0.25, -0.2) is 0 Å². The molecule has 2 fully saturated rings. The van der Waals surface area contributed by atoms with Crippen LogP contribution in [-0.4, -0.2) is 59.9 Å². The zero-order valence-corrected chi connectivity index (χ0v) is 18.2. The van der Waals surface area contributed by atoms with Crippen molar-refractivity contribution >= 4 is 28.6 Å². The van der Waals surface area contributed by atoms with E-state index in [1.165, 1.54) is 4.90 Å². The zero-order chi connectivity index (χ0) is 22.8. The Labute approximate surface area is 186 Å². The lowest BCUT2D eigenvalue weighted by molar-refractivity contribution is -0.134. The number of H-pyrrole nitrogens is 1. The number of fused-ring (bicyclic) bond motifs is 1. The Bertz CT molecular complexity index is 1090. The van der Waals surface area contributed by atoms with Crippen LogP contribution in [0.2, 0.25) is 0 Å². The Hall–Kier alpha value is -3.54. The number of carbonyl (C=O) groups is 3. The number of amides is 3. The second-order valence-electron chi connectivity index (χ2n) is 8.38. The number of hydrogen-bond acceptors (Lipinski definition) is 5. The Balaban J connectivity index is 1.48. The molecule has 3 N–H and O–H groups in total. The third-order valence-corrected chi connectivity index (χ3v) is 6.50. The fraction of sp³-hybridized carbons (Fsp3) is 0.478. The molecule has 3 heterocycles. The van der Waals surface area contributed by atoms with E-state index in [4.69, 9.17) is 4.74 Å². The van der Waals surface area contributed by atoms with Crippen molar-refractivity contribution in [1.29, 1.82) is 5.26 Å². The van der Waals surface area contributed by atoms with Gasteiger partial charge in [0.25, 0.3) is 5.91 Å². The van der Waals surface area contributed by atoms with E-state index in [-0.39, 0.29) is 36.0 Å². The van der Waals surface area contributed by atoms with Crippen LogP contribution in [0.15, 0.2) is 24.3 Å². The number of hydrogen-bond donors (Lipinski definition) is 3. The van der Waals surface area contributed by atoms with Crippen LogP contribution in [0.4, 0.5) is 0 Å². The number of benzene rings is 1. The minimum absolute atomic E-state index is 0.0204. The van der Waals surface area contributed by atoms with Gasteiger partial charge in [0.1, 0.15) is 23.5 Å². The van der Waals surface area contributed by atoms with Crippen LogP contribution in [0, 0.1) is 23.2 Å². The van der Waals surface area contributed by atoms with E-state index < -0.39 is 12.1 Å². The summed E-state index contributed by atoms with van der Waals surface area (Å²) < 4.78 is 5.37. The first kappa shape index (κ1) is 21.7. The Morgan fingerprint density at radius 3 is 2.88 bits per heavy atom. The number of aromatic amines is 1. The molecule has 0 radical (unpaired) electrons. The van der Waals surface area contributed by atoms with Crippen molar-refractivity contribution in [2.45, 2.75) is 38.3 Å². The molecule has 0 saturated carbocycles. The summed E-state index contributed by atoms with van der Waals surface area (Å²) in [5.41, 5.74) is 1.16. The minimum Gasteiger partial charge on any atom is -0.496 e. The van der Waals surface area contributed by atoms with Gasteiger partial charge in [-0.2, -0.15) is 5.26 Å². The summed E-state index contributed by atoms with van der Waals surface area (Å²) in [6.07, 6.45) is 1.67. The first-order chi connectivity index (χ1) is 15.5. The molecule has 32 heavy (non-hydrogen) atoms. The topological polar surface area (TPSA) is 127 Å². The van der Waals surface area contributed by atoms with Crippen LogP contribution >= 0.6 is 0 Å². The maximum atomic E-state index is 13.2. The van der Waals surface area contributed by atoms with E-state index in [9.17, 15) is 19.6 Å². The molecule has 9 nitrogen and oxygen atoms in total. The second kappa shape index (κ2) is 8.91. The predicted molar refractivity (Wildman–Crippen MR) is 117 cm³/mol. The second-order valence-corrected chi connectivity index (χ2v) is 8.38. The number of ether oxygens (including phenoxy) is 1. The summed E-state index contributed by atoms with van der Waals surface area (Å²) in [5, 5.41) is 15.8. The van der Waals surface area contributed by atoms with Gasteiger partial charge in [-0.1, -0.05) is 13.0 Å². The molecule has 4 atom stereocenters. The fourth-order valence-electron chi connectivity index (χ4n) is 4.63. The molecule has 168 valence electrons. The van der Waals surface area contributed by atoms with Gasteiger partial charge >= 0.3 is 0 Å². The fourth-order valence-corrected chi connectivity index (χ4v) is 4.63. The van der Waals surface area contributed by atoms with Crippen molar-refractivity contribution in [3.63, 3.8) is 0 Å². The number of nitriles is 1. The van der Waals surface area contributed by atoms with E-state index in [0.717, 1.165) is 17.3 Å². The number of nitrogens with zero attached hydrogens (tertiary/aromatic N) is 2. The minimum atomic E-state index is -0.774. The summed E-state index contributed by atoms with van der Waals surface area (Å²) >= 11 is 0. The molecule has 1 unspecified atom stereocenters. The van der Waals surface area contributed by atoms with E-state index in [2.05, 4.69) is 21.7 Å². The van der Waals surface area contributed by atoms with Gasteiger partial charge in [-0.3, -0.25) is 14.4 Å². The van der Waals surface area contributed by atoms with Crippen molar-refractivity contribution in [1.82, 2.24) is 20.5 Å². The van der Waals surface area contributed by atoms with Gasteiger partial charge in [0.05, 0.1) is 13.2 Å². The molecule has 1 aromatic heterocycles. The van der Waals surface area contributed by atoms with E-state index in [1.807, 2.05) is 25.1 Å². The zero-order valence-electron chi connectivity index (χ0n) is 18.2. The summed E-state index contributed by atoms with van der Waals surface area (Å²) in [6, 6.07) is 7.93. The van der Waals surface area contributed by atoms with Gasteiger partial charge < -0.3 is 25.3 Å². The molecule has 2 aliphatic heterocycles. The molecule has 0 aliphatic carbocycles. The Morgan fingerprint density at radius 1 is 1.41 bits per heavy atom. The van der Waals surface area contributed by atoms with Crippen molar-refractivity contribution in [3.8, 4) is 11.8 Å². The number of likely N-dealkylation sites (tertiary alicyclic amines) is 1. The van der Waals surface area contributed by atoms with Crippen molar-refractivity contribution < 1.29 is 19.1 Å². The van der Waals surface area contributed by atoms with Crippen molar-refractivity contribution in [2.75, 3.05) is 20.2 Å². The lowest BCUT2D eigenvalue weighted by Gasteiger charge is -2.46. The molecule has 2 saturated heterocycles. The summed E-state index contributed by atoms with van der Waals surface area (Å²) in [6.45, 7) is 3.04. The highest BCUT2D eigenvalue weighted by atomic mass is 16.5. The van der Waals surface area contributed by atoms with E-state index in [1.54, 1.807) is 13.2 Å². The van der Waals surface area contributed by atoms with E-state index >= 15 is 0 Å². The average Bonchev–Trinajstić information content (AvgIpc) is 3.38. The average molecular weight is 438 g/mol. The molecule has 9 heteroatoms. The molecule has 2 aliphatic rings. The molecule has 2 aromatic rings. The summed E-state index contributed by atoms with van der Waals surface area (Å²) in [4.78, 5) is 42.7. The smallest absolute Gasteiger partial charge is 0.271 e. The highest BCUT2D eigenvalue weighted by molar-refractivity contribution is 6.02. The third kappa shape index (κ3) is 3.88. The number of nitrogens with one attached hydrogen (secondary N) is 3. The normalized spacial score (nSPS) is 23.2. The van der Waals surface area contributed by atoms with Crippen molar-refractivity contribution in [3.05, 3.63) is 30.0 Å². The number of rotatable bonds is 7. The Kier molecular flexibility index (Phi) is 6.04. The molecule has 0 spiro atoms. The maximum Gasteiger partial charge on any atom is 0.271 e. The highest BCUT2D eigenvalue weighted by Crippen LogP contribution is 2.32. The van der Waals surface area contributed by atoms with Crippen molar-refractivity contribution in [2.24, 2.45) is 11.8 Å².